The number of aryl methyl sites for hydroxylation is 1. The number of hydrogen-bond acceptors (Lipinski definition) is 3. The fourth-order valence-corrected chi connectivity index (χ4v) is 2.10. The van der Waals surface area contributed by atoms with E-state index >= 15 is 0 Å². The Bertz CT molecular complexity index is 756. The molecule has 3 rings (SSSR count). The quantitative estimate of drug-likeness (QED) is 0.704. The molecule has 0 aromatic carbocycles. The van der Waals surface area contributed by atoms with E-state index in [0.717, 1.165) is 30.6 Å². The molecule has 0 saturated carbocycles. The van der Waals surface area contributed by atoms with E-state index in [9.17, 15) is 4.79 Å². The van der Waals surface area contributed by atoms with Crippen molar-refractivity contribution in [1.29, 1.82) is 0 Å². The van der Waals surface area contributed by atoms with Crippen molar-refractivity contribution in [3.8, 4) is 0 Å². The van der Waals surface area contributed by atoms with Crippen LogP contribution in [0.5, 0.6) is 0 Å². The van der Waals surface area contributed by atoms with Crippen molar-refractivity contribution in [2.45, 2.75) is 26.3 Å². The standard InChI is InChI=1S/C13H14N4O/c1-2-3-7-16-8-5-11-10(13(16)18)9-14-12-4-6-15-17(11)12/h4-6,8-9H,2-3,7H2,1H3. The van der Waals surface area contributed by atoms with E-state index < -0.39 is 0 Å². The zero-order valence-electron chi connectivity index (χ0n) is 10.2. The second kappa shape index (κ2) is 4.25. The molecule has 5 nitrogen and oxygen atoms in total. The van der Waals surface area contributed by atoms with Crippen molar-refractivity contribution < 1.29 is 0 Å². The summed E-state index contributed by atoms with van der Waals surface area (Å²) in [4.78, 5) is 16.5. The number of rotatable bonds is 3. The minimum atomic E-state index is 0.00542. The second-order valence-electron chi connectivity index (χ2n) is 4.33. The maximum absolute atomic E-state index is 12.3. The molecule has 0 N–H and O–H groups in total. The van der Waals surface area contributed by atoms with Crippen LogP contribution in [0.15, 0.2) is 35.5 Å². The highest BCUT2D eigenvalue weighted by atomic mass is 16.1. The molecular weight excluding hydrogens is 228 g/mol. The van der Waals surface area contributed by atoms with Gasteiger partial charge in [0.15, 0.2) is 5.65 Å². The Kier molecular flexibility index (Phi) is 2.59. The first kappa shape index (κ1) is 11.0. The minimum absolute atomic E-state index is 0.00542. The summed E-state index contributed by atoms with van der Waals surface area (Å²) in [5.74, 6) is 0. The van der Waals surface area contributed by atoms with E-state index in [1.165, 1.54) is 0 Å². The van der Waals surface area contributed by atoms with Crippen LogP contribution in [-0.2, 0) is 6.54 Å². The fourth-order valence-electron chi connectivity index (χ4n) is 2.10. The maximum atomic E-state index is 12.3. The third kappa shape index (κ3) is 1.59. The summed E-state index contributed by atoms with van der Waals surface area (Å²) < 4.78 is 3.43. The summed E-state index contributed by atoms with van der Waals surface area (Å²) in [7, 11) is 0. The van der Waals surface area contributed by atoms with Crippen molar-refractivity contribution in [3.63, 3.8) is 0 Å². The molecule has 0 amide bonds. The predicted octanol–water partition coefficient (Wildman–Crippen LogP) is 1.84. The van der Waals surface area contributed by atoms with Crippen LogP contribution in [0.4, 0.5) is 0 Å². The molecule has 18 heavy (non-hydrogen) atoms. The molecular formula is C13H14N4O. The zero-order chi connectivity index (χ0) is 12.5. The van der Waals surface area contributed by atoms with Crippen LogP contribution in [0.3, 0.4) is 0 Å². The smallest absolute Gasteiger partial charge is 0.261 e. The van der Waals surface area contributed by atoms with Crippen LogP contribution >= 0.6 is 0 Å². The molecule has 3 aromatic rings. The highest BCUT2D eigenvalue weighted by molar-refractivity contribution is 5.78. The van der Waals surface area contributed by atoms with Gasteiger partial charge in [-0.2, -0.15) is 5.10 Å². The lowest BCUT2D eigenvalue weighted by molar-refractivity contribution is 0.616. The van der Waals surface area contributed by atoms with Gasteiger partial charge < -0.3 is 4.57 Å². The Morgan fingerprint density at radius 3 is 3.06 bits per heavy atom. The van der Waals surface area contributed by atoms with Gasteiger partial charge in [-0.25, -0.2) is 9.50 Å². The summed E-state index contributed by atoms with van der Waals surface area (Å²) in [6.07, 6.45) is 7.23. The lowest BCUT2D eigenvalue weighted by Crippen LogP contribution is -2.20. The van der Waals surface area contributed by atoms with Crippen LogP contribution in [0.25, 0.3) is 16.6 Å². The molecule has 0 spiro atoms. The van der Waals surface area contributed by atoms with Gasteiger partial charge in [-0.15, -0.1) is 0 Å². The Labute approximate surface area is 104 Å². The summed E-state index contributed by atoms with van der Waals surface area (Å²) in [5, 5.41) is 4.80. The Morgan fingerprint density at radius 2 is 2.22 bits per heavy atom. The first-order valence-electron chi connectivity index (χ1n) is 6.13. The van der Waals surface area contributed by atoms with E-state index in [1.807, 2.05) is 18.3 Å². The lowest BCUT2D eigenvalue weighted by atomic mass is 10.3. The minimum Gasteiger partial charge on any atom is -0.315 e. The molecule has 0 radical (unpaired) electrons. The topological polar surface area (TPSA) is 52.2 Å². The average Bonchev–Trinajstić information content (AvgIpc) is 2.86. The van der Waals surface area contributed by atoms with Crippen LogP contribution < -0.4 is 5.56 Å². The van der Waals surface area contributed by atoms with Crippen LogP contribution in [0, 0.1) is 0 Å². The molecule has 3 aromatic heterocycles. The summed E-state index contributed by atoms with van der Waals surface area (Å²) in [6, 6.07) is 3.75. The number of hydrogen-bond donors (Lipinski definition) is 0. The van der Waals surface area contributed by atoms with Gasteiger partial charge in [0.2, 0.25) is 0 Å². The first-order valence-corrected chi connectivity index (χ1v) is 6.13. The molecule has 3 heterocycles. The number of aromatic nitrogens is 4. The first-order chi connectivity index (χ1) is 8.81. The van der Waals surface area contributed by atoms with Gasteiger partial charge >= 0.3 is 0 Å². The van der Waals surface area contributed by atoms with Crippen molar-refractivity contribution in [3.05, 3.63) is 41.1 Å². The zero-order valence-corrected chi connectivity index (χ0v) is 10.2. The molecule has 0 aliphatic heterocycles. The SMILES string of the molecule is CCCCn1ccc2c(cnc3ccnn32)c1=O. The predicted molar refractivity (Wildman–Crippen MR) is 69.7 cm³/mol. The van der Waals surface area contributed by atoms with Gasteiger partial charge in [0.25, 0.3) is 5.56 Å². The molecule has 0 bridgehead atoms. The van der Waals surface area contributed by atoms with E-state index in [4.69, 9.17) is 0 Å². The molecule has 0 fully saturated rings. The van der Waals surface area contributed by atoms with Crippen molar-refractivity contribution in [1.82, 2.24) is 19.2 Å². The third-order valence-electron chi connectivity index (χ3n) is 3.11. The van der Waals surface area contributed by atoms with Crippen molar-refractivity contribution in [2.24, 2.45) is 0 Å². The largest absolute Gasteiger partial charge is 0.315 e. The van der Waals surface area contributed by atoms with Gasteiger partial charge in [0, 0.05) is 25.0 Å². The monoisotopic (exact) mass is 242 g/mol. The molecule has 0 unspecified atom stereocenters. The van der Waals surface area contributed by atoms with E-state index in [1.54, 1.807) is 21.5 Å². The van der Waals surface area contributed by atoms with E-state index in [2.05, 4.69) is 17.0 Å². The van der Waals surface area contributed by atoms with Gasteiger partial charge in [-0.05, 0) is 12.5 Å². The van der Waals surface area contributed by atoms with Gasteiger partial charge in [0.1, 0.15) is 0 Å². The maximum Gasteiger partial charge on any atom is 0.261 e. The molecule has 92 valence electrons. The Morgan fingerprint density at radius 1 is 1.33 bits per heavy atom. The summed E-state index contributed by atoms with van der Waals surface area (Å²) >= 11 is 0. The van der Waals surface area contributed by atoms with Crippen LogP contribution in [0.2, 0.25) is 0 Å². The van der Waals surface area contributed by atoms with Crippen molar-refractivity contribution >= 4 is 16.6 Å². The number of nitrogens with zero attached hydrogens (tertiary/aromatic N) is 4. The van der Waals surface area contributed by atoms with Crippen molar-refractivity contribution in [2.75, 3.05) is 0 Å². The number of unbranched alkanes of at least 4 members (excludes halogenated alkanes) is 1. The summed E-state index contributed by atoms with van der Waals surface area (Å²) in [5.41, 5.74) is 1.57. The lowest BCUT2D eigenvalue weighted by Gasteiger charge is -2.06. The third-order valence-corrected chi connectivity index (χ3v) is 3.11. The Balaban J connectivity index is 2.25. The summed E-state index contributed by atoms with van der Waals surface area (Å²) in [6.45, 7) is 2.86. The fraction of sp³-hybridized carbons (Fsp3) is 0.308. The Hall–Kier alpha value is -2.17. The number of pyridine rings is 1. The second-order valence-corrected chi connectivity index (χ2v) is 4.33. The van der Waals surface area contributed by atoms with Gasteiger partial charge in [-0.1, -0.05) is 13.3 Å². The molecule has 0 aliphatic rings. The molecule has 0 saturated heterocycles. The normalized spacial score (nSPS) is 11.4. The molecule has 0 atom stereocenters. The average molecular weight is 242 g/mol. The van der Waals surface area contributed by atoms with E-state index in [0.29, 0.717) is 5.39 Å². The molecule has 5 heteroatoms. The number of fused-ring (bicyclic) bond motifs is 3. The van der Waals surface area contributed by atoms with E-state index in [-0.39, 0.29) is 5.56 Å². The highest BCUT2D eigenvalue weighted by Crippen LogP contribution is 2.10. The van der Waals surface area contributed by atoms with Gasteiger partial charge in [0.05, 0.1) is 17.1 Å². The van der Waals surface area contributed by atoms with Gasteiger partial charge in [-0.3, -0.25) is 4.79 Å². The molecule has 0 aliphatic carbocycles. The highest BCUT2D eigenvalue weighted by Gasteiger charge is 2.07. The van der Waals surface area contributed by atoms with Crippen LogP contribution in [0.1, 0.15) is 19.8 Å². The van der Waals surface area contributed by atoms with Crippen LogP contribution in [-0.4, -0.2) is 19.2 Å².